The molecule has 0 fully saturated rings. The third kappa shape index (κ3) is 8.82. The van der Waals surface area contributed by atoms with Crippen LogP contribution in [0.1, 0.15) is 0 Å². The van der Waals surface area contributed by atoms with Gasteiger partial charge in [-0.15, -0.1) is 12.4 Å². The summed E-state index contributed by atoms with van der Waals surface area (Å²) in [7, 11) is 0. The van der Waals surface area contributed by atoms with Crippen LogP contribution in [0.25, 0.3) is 0 Å². The fourth-order valence-corrected chi connectivity index (χ4v) is 0. The van der Waals surface area contributed by atoms with Crippen LogP contribution < -0.4 is 0 Å². The molecule has 0 unspecified atom stereocenters. The van der Waals surface area contributed by atoms with Crippen LogP contribution in [0.2, 0.25) is 0 Å². The van der Waals surface area contributed by atoms with Crippen molar-refractivity contribution in [3.8, 4) is 0 Å². The van der Waals surface area contributed by atoms with Crippen LogP contribution in [-0.4, -0.2) is 31.7 Å². The predicted octanol–water partition coefficient (Wildman–Crippen LogP) is -1.59. The molecule has 0 radical (unpaired) electrons. The summed E-state index contributed by atoms with van der Waals surface area (Å²) in [6.45, 7) is 0. The van der Waals surface area contributed by atoms with E-state index < -0.39 is 0 Å². The van der Waals surface area contributed by atoms with E-state index in [2.05, 4.69) is 0 Å². The molecule has 0 saturated carbocycles. The van der Waals surface area contributed by atoms with Crippen LogP contribution in [0.4, 0.5) is 0 Å². The van der Waals surface area contributed by atoms with Gasteiger partial charge in [-0.05, 0) is 0 Å². The molecule has 0 aliphatic heterocycles. The molecule has 0 spiro atoms. The summed E-state index contributed by atoms with van der Waals surface area (Å²) in [5.41, 5.74) is 0. The van der Waals surface area contributed by atoms with Crippen molar-refractivity contribution in [1.29, 1.82) is 0 Å². The SMILES string of the molecule is Cl.O.[BiH3].[Gd]. The van der Waals surface area contributed by atoms with Gasteiger partial charge in [0.1, 0.15) is 0 Å². The molecular weight excluding hydrogens is 418 g/mol. The largest absolute Gasteiger partial charge is 0 e. The van der Waals surface area contributed by atoms with E-state index in [1.807, 2.05) is 0 Å². The molecular formula is H6BiClGdO. The Balaban J connectivity index is 0. The van der Waals surface area contributed by atoms with E-state index in [0.29, 0.717) is 0 Å². The number of halogens is 1. The summed E-state index contributed by atoms with van der Waals surface area (Å²) in [5.74, 6) is 0. The molecule has 2 N–H and O–H groups in total. The molecule has 1 nitrogen and oxygen atoms in total. The molecule has 0 aromatic heterocycles. The predicted molar refractivity (Wildman–Crippen MR) is 20.8 cm³/mol. The monoisotopic (exact) mass is 424 g/mol. The zero-order valence-corrected chi connectivity index (χ0v) is 10.6. The van der Waals surface area contributed by atoms with Crippen molar-refractivity contribution in [3.05, 3.63) is 0 Å². The maximum atomic E-state index is 0. The molecule has 0 aliphatic carbocycles. The first-order valence-corrected chi connectivity index (χ1v) is 0. The average molecular weight is 424 g/mol. The fraction of sp³-hybridized carbons (Fsp3) is 0. The Morgan fingerprint density at radius 1 is 1.00 bits per heavy atom. The smallest absolute Gasteiger partial charge is 0 e. The zero-order valence-electron chi connectivity index (χ0n) is 1.97. The van der Waals surface area contributed by atoms with E-state index in [4.69, 9.17) is 0 Å². The van der Waals surface area contributed by atoms with Gasteiger partial charge in [0.25, 0.3) is 0 Å². The molecule has 4 heavy (non-hydrogen) atoms. The van der Waals surface area contributed by atoms with E-state index in [1.165, 1.54) is 0 Å². The van der Waals surface area contributed by atoms with E-state index in [-0.39, 0.29) is 84.0 Å². The number of hydrogen-bond acceptors (Lipinski definition) is 0. The van der Waals surface area contributed by atoms with E-state index >= 15 is 0 Å². The maximum Gasteiger partial charge on any atom is 0 e. The second-order valence-corrected chi connectivity index (χ2v) is 0. The van der Waals surface area contributed by atoms with Gasteiger partial charge in [0.15, 0.2) is 0 Å². The Bertz CT molecular complexity index is 8.00. The van der Waals surface area contributed by atoms with Crippen molar-refractivity contribution < 1.29 is 45.4 Å². The minimum absolute atomic E-state index is 0. The molecule has 4 heteroatoms. The fourth-order valence-electron chi connectivity index (χ4n) is 0. The molecule has 0 amide bonds. The third-order valence-corrected chi connectivity index (χ3v) is 0. The van der Waals surface area contributed by atoms with Gasteiger partial charge in [-0.25, -0.2) is 0 Å². The van der Waals surface area contributed by atoms with Gasteiger partial charge < -0.3 is 5.48 Å². The van der Waals surface area contributed by atoms with Crippen LogP contribution >= 0.6 is 12.4 Å². The first-order valence-electron chi connectivity index (χ1n) is 0. The minimum atomic E-state index is 0. The Labute approximate surface area is 82.4 Å². The van der Waals surface area contributed by atoms with Crippen molar-refractivity contribution in [2.45, 2.75) is 0 Å². The third-order valence-electron chi connectivity index (χ3n) is 0. The molecule has 0 aromatic rings. The molecule has 32 valence electrons. The summed E-state index contributed by atoms with van der Waals surface area (Å²) in [5, 5.41) is 0. The van der Waals surface area contributed by atoms with Crippen LogP contribution in [0.15, 0.2) is 0 Å². The standard InChI is InChI=1S/Bi.ClH.Gd.H2O.3H/h;1H;;1H2;;;. The first kappa shape index (κ1) is 31.8. The molecule has 0 atom stereocenters. The van der Waals surface area contributed by atoms with Gasteiger partial charge >= 0.3 is 26.2 Å². The second kappa shape index (κ2) is 18.0. The molecule has 0 saturated heterocycles. The maximum absolute atomic E-state index is 0. The van der Waals surface area contributed by atoms with Gasteiger partial charge in [0.2, 0.25) is 0 Å². The van der Waals surface area contributed by atoms with Crippen LogP contribution in [-0.2, 0) is 0 Å². The summed E-state index contributed by atoms with van der Waals surface area (Å²) in [6.07, 6.45) is 0. The van der Waals surface area contributed by atoms with Gasteiger partial charge in [0, 0.05) is 39.9 Å². The van der Waals surface area contributed by atoms with Crippen LogP contribution in [0.5, 0.6) is 0 Å². The Morgan fingerprint density at radius 3 is 1.00 bits per heavy atom. The quantitative estimate of drug-likeness (QED) is 0.421. The minimum Gasteiger partial charge on any atom is 0 e. The van der Waals surface area contributed by atoms with Crippen LogP contribution in [0, 0.1) is 39.9 Å². The van der Waals surface area contributed by atoms with Gasteiger partial charge in [0.05, 0.1) is 0 Å². The van der Waals surface area contributed by atoms with Gasteiger partial charge in [-0.1, -0.05) is 0 Å². The summed E-state index contributed by atoms with van der Waals surface area (Å²) >= 11 is 0. The molecule has 0 aliphatic rings. The molecule has 0 bridgehead atoms. The Kier molecular flexibility index (Phi) is 143. The number of rotatable bonds is 0. The Morgan fingerprint density at radius 2 is 1.00 bits per heavy atom. The summed E-state index contributed by atoms with van der Waals surface area (Å²) in [4.78, 5) is 0. The van der Waals surface area contributed by atoms with Gasteiger partial charge in [-0.2, -0.15) is 0 Å². The van der Waals surface area contributed by atoms with E-state index in [0.717, 1.165) is 0 Å². The van der Waals surface area contributed by atoms with Crippen molar-refractivity contribution in [3.63, 3.8) is 0 Å². The van der Waals surface area contributed by atoms with Crippen molar-refractivity contribution in [2.75, 3.05) is 0 Å². The summed E-state index contributed by atoms with van der Waals surface area (Å²) in [6, 6.07) is 0. The Hall–Kier alpha value is 2.46. The van der Waals surface area contributed by atoms with Crippen molar-refractivity contribution in [2.24, 2.45) is 0 Å². The second-order valence-electron chi connectivity index (χ2n) is 0. The normalized spacial score (nSPS) is 0. The summed E-state index contributed by atoms with van der Waals surface area (Å²) < 4.78 is 0. The zero-order chi connectivity index (χ0) is 0. The number of hydrogen-bond donors (Lipinski definition) is 0. The molecule has 0 heterocycles. The van der Waals surface area contributed by atoms with Gasteiger partial charge in [-0.3, -0.25) is 0 Å². The van der Waals surface area contributed by atoms with E-state index in [9.17, 15) is 0 Å². The van der Waals surface area contributed by atoms with Crippen molar-refractivity contribution >= 4 is 38.6 Å². The van der Waals surface area contributed by atoms with Crippen LogP contribution in [0.3, 0.4) is 0 Å². The molecule has 0 aromatic carbocycles. The van der Waals surface area contributed by atoms with E-state index in [1.54, 1.807) is 0 Å². The first-order chi connectivity index (χ1) is 0. The molecule has 0 rings (SSSR count). The topological polar surface area (TPSA) is 31.5 Å². The average Bonchev–Trinajstić information content (AvgIpc) is 0. The van der Waals surface area contributed by atoms with Crippen molar-refractivity contribution in [1.82, 2.24) is 0 Å².